The second-order valence-corrected chi connectivity index (χ2v) is 8.43. The standard InChI is InChI=1S/C11H16N6O5S3/c12-1-2-23-4-5-8(10(19)17(5)25(20,21)22)16-9(18)7(13)6-3-15-11(14)24-6/h3,5,8,13H,1-2,4,12H2,(H2,14,15)(H,16,18)(H,20,21,22)/t5-,8-/m0/s1. The summed E-state index contributed by atoms with van der Waals surface area (Å²) < 4.78 is 32.1. The average Bonchev–Trinajstić information content (AvgIpc) is 2.95. The van der Waals surface area contributed by atoms with Gasteiger partial charge in [0, 0.05) is 24.2 Å². The van der Waals surface area contributed by atoms with Crippen LogP contribution in [0.15, 0.2) is 6.20 Å². The molecule has 1 aliphatic rings. The lowest BCUT2D eigenvalue weighted by atomic mass is 10.0. The number of hydrogen-bond acceptors (Lipinski definition) is 10. The number of carbonyl (C=O) groups is 2. The summed E-state index contributed by atoms with van der Waals surface area (Å²) in [5.74, 6) is -1.17. The molecule has 25 heavy (non-hydrogen) atoms. The molecular formula is C11H16N6O5S3. The third-order valence-electron chi connectivity index (χ3n) is 3.25. The van der Waals surface area contributed by atoms with E-state index in [1.54, 1.807) is 0 Å². The maximum atomic E-state index is 12.1. The van der Waals surface area contributed by atoms with Gasteiger partial charge in [0.15, 0.2) is 5.13 Å². The molecule has 0 saturated carbocycles. The molecule has 1 saturated heterocycles. The number of aromatic nitrogens is 1. The van der Waals surface area contributed by atoms with Crippen LogP contribution in [0, 0.1) is 5.41 Å². The number of hydrogen-bond donors (Lipinski definition) is 5. The number of amides is 2. The van der Waals surface area contributed by atoms with Crippen LogP contribution in [-0.2, 0) is 19.9 Å². The summed E-state index contributed by atoms with van der Waals surface area (Å²) in [5, 5.41) is 10.3. The van der Waals surface area contributed by atoms with Crippen LogP contribution < -0.4 is 16.8 Å². The molecule has 1 fully saturated rings. The first-order valence-corrected chi connectivity index (χ1v) is 10.2. The van der Waals surface area contributed by atoms with Gasteiger partial charge in [-0.2, -0.15) is 20.2 Å². The quantitative estimate of drug-likeness (QED) is 0.144. The molecule has 1 aliphatic heterocycles. The van der Waals surface area contributed by atoms with E-state index < -0.39 is 39.9 Å². The molecule has 0 unspecified atom stereocenters. The van der Waals surface area contributed by atoms with Crippen LogP contribution in [0.25, 0.3) is 0 Å². The zero-order valence-electron chi connectivity index (χ0n) is 12.7. The second-order valence-electron chi connectivity index (χ2n) is 4.93. The lowest BCUT2D eigenvalue weighted by molar-refractivity contribution is -0.143. The Morgan fingerprint density at radius 3 is 2.76 bits per heavy atom. The highest BCUT2D eigenvalue weighted by molar-refractivity contribution is 7.99. The normalized spacial score (nSPS) is 20.2. The molecule has 0 bridgehead atoms. The number of nitrogens with zero attached hydrogens (tertiary/aromatic N) is 2. The van der Waals surface area contributed by atoms with Crippen LogP contribution in [0.3, 0.4) is 0 Å². The van der Waals surface area contributed by atoms with E-state index >= 15 is 0 Å². The SMILES string of the molecule is N=C(C(=O)N[C@@H]1C(=O)N(S(=O)(=O)O)[C@H]1CSCCN)c1cnc(N)s1. The number of thioether (sulfide) groups is 1. The fourth-order valence-corrected chi connectivity index (χ4v) is 4.66. The van der Waals surface area contributed by atoms with Crippen molar-refractivity contribution in [1.29, 1.82) is 5.41 Å². The Kier molecular flexibility index (Phi) is 5.99. The van der Waals surface area contributed by atoms with Gasteiger partial charge in [0.1, 0.15) is 11.8 Å². The van der Waals surface area contributed by atoms with Crippen molar-refractivity contribution in [3.63, 3.8) is 0 Å². The van der Waals surface area contributed by atoms with Crippen LogP contribution in [0.5, 0.6) is 0 Å². The van der Waals surface area contributed by atoms with Gasteiger partial charge in [0.25, 0.3) is 11.8 Å². The van der Waals surface area contributed by atoms with Gasteiger partial charge in [-0.25, -0.2) is 9.29 Å². The summed E-state index contributed by atoms with van der Waals surface area (Å²) >= 11 is 2.21. The van der Waals surface area contributed by atoms with Crippen molar-refractivity contribution in [2.24, 2.45) is 5.73 Å². The number of nitrogens with two attached hydrogens (primary N) is 2. The predicted octanol–water partition coefficient (Wildman–Crippen LogP) is -1.72. The van der Waals surface area contributed by atoms with E-state index in [-0.39, 0.29) is 15.8 Å². The van der Waals surface area contributed by atoms with Gasteiger partial charge in [-0.3, -0.25) is 19.6 Å². The maximum Gasteiger partial charge on any atom is 0.362 e. The Labute approximate surface area is 151 Å². The van der Waals surface area contributed by atoms with Crippen molar-refractivity contribution in [2.45, 2.75) is 12.1 Å². The molecule has 0 spiro atoms. The number of nitrogens with one attached hydrogen (secondary N) is 2. The Morgan fingerprint density at radius 1 is 1.56 bits per heavy atom. The van der Waals surface area contributed by atoms with Crippen molar-refractivity contribution in [3.05, 3.63) is 11.1 Å². The minimum absolute atomic E-state index is 0.147. The topological polar surface area (TPSA) is 193 Å². The Bertz CT molecular complexity index is 794. The third kappa shape index (κ3) is 4.27. The lowest BCUT2D eigenvalue weighted by Gasteiger charge is -2.44. The molecule has 0 aromatic carbocycles. The number of carbonyl (C=O) groups excluding carboxylic acids is 2. The van der Waals surface area contributed by atoms with Gasteiger partial charge >= 0.3 is 10.3 Å². The summed E-state index contributed by atoms with van der Waals surface area (Å²) in [6.45, 7) is 0.353. The van der Waals surface area contributed by atoms with E-state index in [9.17, 15) is 18.0 Å². The monoisotopic (exact) mass is 408 g/mol. The van der Waals surface area contributed by atoms with Crippen LogP contribution in [0.4, 0.5) is 5.13 Å². The molecule has 138 valence electrons. The summed E-state index contributed by atoms with van der Waals surface area (Å²) in [4.78, 5) is 28.1. The van der Waals surface area contributed by atoms with Gasteiger partial charge in [-0.15, -0.1) is 0 Å². The maximum absolute atomic E-state index is 12.1. The van der Waals surface area contributed by atoms with Gasteiger partial charge in [-0.1, -0.05) is 11.3 Å². The first-order chi connectivity index (χ1) is 11.7. The summed E-state index contributed by atoms with van der Waals surface area (Å²) in [7, 11) is -4.73. The smallest absolute Gasteiger partial charge is 0.362 e. The largest absolute Gasteiger partial charge is 0.375 e. The van der Waals surface area contributed by atoms with Crippen molar-refractivity contribution < 1.29 is 22.6 Å². The lowest BCUT2D eigenvalue weighted by Crippen LogP contribution is -2.73. The predicted molar refractivity (Wildman–Crippen MR) is 93.8 cm³/mol. The van der Waals surface area contributed by atoms with Crippen LogP contribution in [0.1, 0.15) is 4.88 Å². The molecule has 11 nitrogen and oxygen atoms in total. The van der Waals surface area contributed by atoms with E-state index in [0.717, 1.165) is 11.3 Å². The van der Waals surface area contributed by atoms with E-state index in [2.05, 4.69) is 10.3 Å². The number of thiazole rings is 1. The number of β-lactam (4-membered cyclic amide) rings is 1. The first-order valence-electron chi connectivity index (χ1n) is 6.86. The molecule has 1 aromatic heterocycles. The second kappa shape index (κ2) is 7.65. The highest BCUT2D eigenvalue weighted by Gasteiger charge is 2.53. The molecule has 2 amide bonds. The van der Waals surface area contributed by atoms with E-state index in [1.807, 2.05) is 0 Å². The zero-order chi connectivity index (χ0) is 18.8. The molecule has 2 rings (SSSR count). The first kappa shape index (κ1) is 19.6. The van der Waals surface area contributed by atoms with E-state index in [1.165, 1.54) is 18.0 Å². The number of rotatable bonds is 8. The fourth-order valence-electron chi connectivity index (χ4n) is 2.14. The van der Waals surface area contributed by atoms with Crippen LogP contribution in [-0.4, -0.2) is 69.9 Å². The molecule has 0 radical (unpaired) electrons. The molecular weight excluding hydrogens is 392 g/mol. The van der Waals surface area contributed by atoms with Crippen molar-refractivity contribution in [2.75, 3.05) is 23.8 Å². The van der Waals surface area contributed by atoms with Crippen LogP contribution in [0.2, 0.25) is 0 Å². The summed E-state index contributed by atoms with van der Waals surface area (Å²) in [6, 6.07) is -2.12. The minimum atomic E-state index is -4.73. The Hall–Kier alpha value is -1.74. The van der Waals surface area contributed by atoms with Gasteiger partial charge in [-0.05, 0) is 0 Å². The average molecular weight is 408 g/mol. The van der Waals surface area contributed by atoms with Gasteiger partial charge in [0.2, 0.25) is 0 Å². The van der Waals surface area contributed by atoms with Crippen molar-refractivity contribution in [3.8, 4) is 0 Å². The van der Waals surface area contributed by atoms with Crippen molar-refractivity contribution >= 4 is 56.1 Å². The zero-order valence-corrected chi connectivity index (χ0v) is 15.2. The molecule has 0 aliphatic carbocycles. The number of anilines is 1. The van der Waals surface area contributed by atoms with Gasteiger partial charge < -0.3 is 16.8 Å². The molecule has 1 aromatic rings. The van der Waals surface area contributed by atoms with Crippen LogP contribution >= 0.6 is 23.1 Å². The van der Waals surface area contributed by atoms with E-state index in [0.29, 0.717) is 16.6 Å². The van der Waals surface area contributed by atoms with Crippen molar-refractivity contribution in [1.82, 2.24) is 14.6 Å². The highest BCUT2D eigenvalue weighted by atomic mass is 32.2. The minimum Gasteiger partial charge on any atom is -0.375 e. The third-order valence-corrected chi connectivity index (χ3v) is 6.15. The summed E-state index contributed by atoms with van der Waals surface area (Å²) in [5.41, 5.74) is 10.4. The number of nitrogen functional groups attached to an aromatic ring is 1. The summed E-state index contributed by atoms with van der Waals surface area (Å²) in [6.07, 6.45) is 1.25. The fraction of sp³-hybridized carbons (Fsp3) is 0.455. The van der Waals surface area contributed by atoms with Gasteiger partial charge in [0.05, 0.1) is 10.9 Å². The molecule has 2 heterocycles. The Balaban J connectivity index is 2.09. The molecule has 7 N–H and O–H groups in total. The molecule has 2 atom stereocenters. The highest BCUT2D eigenvalue weighted by Crippen LogP contribution is 2.27. The Morgan fingerprint density at radius 2 is 2.24 bits per heavy atom. The van der Waals surface area contributed by atoms with E-state index in [4.69, 9.17) is 21.4 Å². The molecule has 14 heteroatoms.